The van der Waals surface area contributed by atoms with Gasteiger partial charge in [0.25, 0.3) is 0 Å². The van der Waals surface area contributed by atoms with Crippen LogP contribution in [0.15, 0.2) is 24.4 Å². The summed E-state index contributed by atoms with van der Waals surface area (Å²) in [6, 6.07) is 5.86. The van der Waals surface area contributed by atoms with Gasteiger partial charge in [0.1, 0.15) is 17.9 Å². The van der Waals surface area contributed by atoms with Crippen LogP contribution in [0.5, 0.6) is 0 Å². The van der Waals surface area contributed by atoms with Crippen molar-refractivity contribution in [1.29, 1.82) is 0 Å². The number of aromatic nitrogens is 3. The molecule has 3 aromatic rings. The number of nitrogens with one attached hydrogen (secondary N) is 1. The Bertz CT molecular complexity index is 952. The summed E-state index contributed by atoms with van der Waals surface area (Å²) in [5.41, 5.74) is 3.36. The van der Waals surface area contributed by atoms with E-state index >= 15 is 0 Å². The van der Waals surface area contributed by atoms with Gasteiger partial charge in [0, 0.05) is 22.7 Å². The van der Waals surface area contributed by atoms with Crippen LogP contribution in [0.25, 0.3) is 10.9 Å². The normalized spacial score (nSPS) is 11.1. The van der Waals surface area contributed by atoms with Crippen LogP contribution >= 0.6 is 0 Å². The third-order valence-electron chi connectivity index (χ3n) is 4.30. The maximum Gasteiger partial charge on any atom is 0.312 e. The van der Waals surface area contributed by atoms with Gasteiger partial charge in [0.15, 0.2) is 5.78 Å². The third-order valence-corrected chi connectivity index (χ3v) is 4.30. The van der Waals surface area contributed by atoms with Crippen molar-refractivity contribution >= 4 is 22.4 Å². The number of aromatic amines is 1. The van der Waals surface area contributed by atoms with Crippen molar-refractivity contribution in [2.45, 2.75) is 33.7 Å². The lowest BCUT2D eigenvalue weighted by molar-refractivity contribution is -0.386. The lowest BCUT2D eigenvalue weighted by Gasteiger charge is -2.03. The molecule has 24 heavy (non-hydrogen) atoms. The van der Waals surface area contributed by atoms with Gasteiger partial charge in [-0.2, -0.15) is 5.10 Å². The minimum Gasteiger partial charge on any atom is -0.360 e. The van der Waals surface area contributed by atoms with E-state index in [4.69, 9.17) is 0 Å². The molecule has 0 radical (unpaired) electrons. The molecule has 0 atom stereocenters. The molecule has 2 heterocycles. The van der Waals surface area contributed by atoms with Crippen LogP contribution in [-0.4, -0.2) is 25.5 Å². The minimum atomic E-state index is -0.460. The summed E-state index contributed by atoms with van der Waals surface area (Å²) >= 11 is 0. The van der Waals surface area contributed by atoms with Crippen molar-refractivity contribution in [3.05, 3.63) is 57.0 Å². The van der Waals surface area contributed by atoms with Crippen molar-refractivity contribution < 1.29 is 9.72 Å². The summed E-state index contributed by atoms with van der Waals surface area (Å²) in [5, 5.41) is 16.1. The molecule has 0 saturated carbocycles. The number of rotatable bonds is 5. The molecule has 1 N–H and O–H groups in total. The van der Waals surface area contributed by atoms with E-state index in [1.165, 1.54) is 4.68 Å². The maximum atomic E-state index is 12.7. The molecule has 0 unspecified atom stereocenters. The average Bonchev–Trinajstić information content (AvgIpc) is 3.08. The number of aryl methyl sites for hydroxylation is 2. The van der Waals surface area contributed by atoms with Crippen LogP contribution in [0.1, 0.15) is 34.2 Å². The monoisotopic (exact) mass is 326 g/mol. The zero-order chi connectivity index (χ0) is 17.4. The number of hydrogen-bond donors (Lipinski definition) is 1. The molecule has 0 fully saturated rings. The highest BCUT2D eigenvalue weighted by atomic mass is 16.6. The second-order valence-electron chi connectivity index (χ2n) is 5.75. The number of benzene rings is 1. The largest absolute Gasteiger partial charge is 0.360 e. The van der Waals surface area contributed by atoms with Gasteiger partial charge in [-0.05, 0) is 25.8 Å². The van der Waals surface area contributed by atoms with Crippen LogP contribution in [0, 0.1) is 24.0 Å². The number of nitro groups is 1. The molecular weight excluding hydrogens is 308 g/mol. The van der Waals surface area contributed by atoms with Gasteiger partial charge in [-0.1, -0.05) is 25.1 Å². The summed E-state index contributed by atoms with van der Waals surface area (Å²) in [5.74, 6) is -0.130. The number of H-pyrrole nitrogens is 1. The second kappa shape index (κ2) is 5.92. The van der Waals surface area contributed by atoms with Gasteiger partial charge in [0.2, 0.25) is 0 Å². The minimum absolute atomic E-state index is 0.0240. The standard InChI is InChI=1S/C17H18N4O3/c1-4-12-6-5-7-13-14(8-18-16(12)13)15(22)9-20-11(3)17(21(23)24)10(2)19-20/h5-8,18H,4,9H2,1-3H3. The van der Waals surface area contributed by atoms with Crippen molar-refractivity contribution in [1.82, 2.24) is 14.8 Å². The summed E-state index contributed by atoms with van der Waals surface area (Å²) in [6.45, 7) is 5.22. The van der Waals surface area contributed by atoms with Crippen LogP contribution in [-0.2, 0) is 13.0 Å². The van der Waals surface area contributed by atoms with Gasteiger partial charge in [-0.3, -0.25) is 19.6 Å². The molecule has 1 aromatic carbocycles. The molecule has 2 aromatic heterocycles. The second-order valence-corrected chi connectivity index (χ2v) is 5.75. The average molecular weight is 326 g/mol. The molecule has 0 aliphatic carbocycles. The number of hydrogen-bond acceptors (Lipinski definition) is 4. The Morgan fingerprint density at radius 2 is 2.12 bits per heavy atom. The van der Waals surface area contributed by atoms with Crippen molar-refractivity contribution in [3.63, 3.8) is 0 Å². The highest BCUT2D eigenvalue weighted by molar-refractivity contribution is 6.08. The van der Waals surface area contributed by atoms with Gasteiger partial charge < -0.3 is 4.98 Å². The predicted molar refractivity (Wildman–Crippen MR) is 90.4 cm³/mol. The van der Waals surface area contributed by atoms with E-state index in [0.717, 1.165) is 22.9 Å². The number of carbonyl (C=O) groups excluding carboxylic acids is 1. The summed E-state index contributed by atoms with van der Waals surface area (Å²) in [7, 11) is 0. The Hall–Kier alpha value is -2.96. The van der Waals surface area contributed by atoms with Crippen molar-refractivity contribution in [2.24, 2.45) is 0 Å². The van der Waals surface area contributed by atoms with Gasteiger partial charge >= 0.3 is 5.69 Å². The maximum absolute atomic E-state index is 12.7. The molecule has 0 aliphatic rings. The number of nitrogens with zero attached hydrogens (tertiary/aromatic N) is 3. The van der Waals surface area contributed by atoms with Crippen LogP contribution in [0.3, 0.4) is 0 Å². The number of ketones is 1. The Balaban J connectivity index is 1.97. The van der Waals surface area contributed by atoms with E-state index in [9.17, 15) is 14.9 Å². The number of fused-ring (bicyclic) bond motifs is 1. The highest BCUT2D eigenvalue weighted by Crippen LogP contribution is 2.25. The SMILES string of the molecule is CCc1cccc2c(C(=O)Cn3nc(C)c([N+](=O)[O-])c3C)c[nH]c12. The van der Waals surface area contributed by atoms with Gasteiger partial charge in [0.05, 0.1) is 4.92 Å². The molecule has 124 valence electrons. The molecule has 0 bridgehead atoms. The van der Waals surface area contributed by atoms with E-state index in [2.05, 4.69) is 17.0 Å². The molecule has 0 aliphatic heterocycles. The lowest BCUT2D eigenvalue weighted by atomic mass is 10.0. The molecule has 3 rings (SSSR count). The molecule has 0 saturated heterocycles. The lowest BCUT2D eigenvalue weighted by Crippen LogP contribution is -2.13. The van der Waals surface area contributed by atoms with E-state index in [-0.39, 0.29) is 18.0 Å². The van der Waals surface area contributed by atoms with E-state index in [0.29, 0.717) is 17.0 Å². The Kier molecular flexibility index (Phi) is 3.92. The first-order valence-electron chi connectivity index (χ1n) is 7.74. The topological polar surface area (TPSA) is 93.8 Å². The summed E-state index contributed by atoms with van der Waals surface area (Å²) in [4.78, 5) is 26.5. The van der Waals surface area contributed by atoms with E-state index in [1.54, 1.807) is 20.0 Å². The Labute approximate surface area is 138 Å². The first-order chi connectivity index (χ1) is 11.4. The third kappa shape index (κ3) is 2.47. The van der Waals surface area contributed by atoms with Crippen molar-refractivity contribution in [3.8, 4) is 0 Å². The quantitative estimate of drug-likeness (QED) is 0.442. The first-order valence-corrected chi connectivity index (χ1v) is 7.74. The zero-order valence-corrected chi connectivity index (χ0v) is 13.8. The number of para-hydroxylation sites is 1. The zero-order valence-electron chi connectivity index (χ0n) is 13.8. The fraction of sp³-hybridized carbons (Fsp3) is 0.294. The Morgan fingerprint density at radius 3 is 2.75 bits per heavy atom. The highest BCUT2D eigenvalue weighted by Gasteiger charge is 2.23. The Morgan fingerprint density at radius 1 is 1.38 bits per heavy atom. The number of Topliss-reactive ketones (excluding diaryl/α,β-unsaturated/α-hetero) is 1. The van der Waals surface area contributed by atoms with E-state index in [1.807, 2.05) is 18.2 Å². The molecule has 7 heteroatoms. The number of carbonyl (C=O) groups is 1. The predicted octanol–water partition coefficient (Wildman–Crippen LogP) is 3.33. The fourth-order valence-corrected chi connectivity index (χ4v) is 3.07. The van der Waals surface area contributed by atoms with Gasteiger partial charge in [-0.15, -0.1) is 0 Å². The van der Waals surface area contributed by atoms with Crippen molar-refractivity contribution in [2.75, 3.05) is 0 Å². The van der Waals surface area contributed by atoms with Crippen LogP contribution in [0.2, 0.25) is 0 Å². The fourth-order valence-electron chi connectivity index (χ4n) is 3.07. The van der Waals surface area contributed by atoms with Crippen LogP contribution in [0.4, 0.5) is 5.69 Å². The molecule has 0 spiro atoms. The summed E-state index contributed by atoms with van der Waals surface area (Å²) in [6.07, 6.45) is 2.57. The molecule has 0 amide bonds. The van der Waals surface area contributed by atoms with Gasteiger partial charge in [-0.25, -0.2) is 0 Å². The summed E-state index contributed by atoms with van der Waals surface area (Å²) < 4.78 is 1.40. The van der Waals surface area contributed by atoms with Crippen LogP contribution < -0.4 is 0 Å². The first kappa shape index (κ1) is 15.9. The molecular formula is C17H18N4O3. The van der Waals surface area contributed by atoms with E-state index < -0.39 is 4.92 Å². The smallest absolute Gasteiger partial charge is 0.312 e. The molecule has 7 nitrogen and oxygen atoms in total.